The highest BCUT2D eigenvalue weighted by atomic mass is 32.1. The molecule has 3 nitrogen and oxygen atoms in total. The highest BCUT2D eigenvalue weighted by molar-refractivity contribution is 7.11. The summed E-state index contributed by atoms with van der Waals surface area (Å²) in [6, 6.07) is 9.77. The molecule has 1 heterocycles. The average molecular weight is 304 g/mol. The second kappa shape index (κ2) is 7.16. The number of aliphatic hydroxyl groups is 1. The molecular formula is C17H24N2OS. The van der Waals surface area contributed by atoms with Crippen LogP contribution in [-0.2, 0) is 18.6 Å². The smallest absolute Gasteiger partial charge is 0.0992 e. The first-order valence-electron chi connectivity index (χ1n) is 7.39. The van der Waals surface area contributed by atoms with Crippen molar-refractivity contribution in [2.75, 3.05) is 6.54 Å². The molecule has 114 valence electrons. The third-order valence-corrected chi connectivity index (χ3v) is 4.37. The molecule has 1 aromatic heterocycles. The van der Waals surface area contributed by atoms with Crippen molar-refractivity contribution in [2.24, 2.45) is 5.92 Å². The van der Waals surface area contributed by atoms with Crippen molar-refractivity contribution >= 4 is 11.3 Å². The maximum absolute atomic E-state index is 10.5. The number of nitrogens with one attached hydrogen (secondary N) is 1. The minimum Gasteiger partial charge on any atom is -0.384 e. The quantitative estimate of drug-likeness (QED) is 0.824. The van der Waals surface area contributed by atoms with Crippen molar-refractivity contribution in [3.05, 3.63) is 52.0 Å². The summed E-state index contributed by atoms with van der Waals surface area (Å²) in [7, 11) is 0. The fourth-order valence-electron chi connectivity index (χ4n) is 2.20. The Kier molecular flexibility index (Phi) is 5.51. The molecular weight excluding hydrogens is 280 g/mol. The molecule has 21 heavy (non-hydrogen) atoms. The third-order valence-electron chi connectivity index (χ3n) is 3.35. The van der Waals surface area contributed by atoms with Crippen LogP contribution < -0.4 is 5.32 Å². The number of benzene rings is 1. The molecule has 0 bridgehead atoms. The van der Waals surface area contributed by atoms with E-state index in [1.807, 2.05) is 43.5 Å². The van der Waals surface area contributed by atoms with Crippen molar-refractivity contribution in [1.29, 1.82) is 0 Å². The van der Waals surface area contributed by atoms with Gasteiger partial charge in [0, 0.05) is 30.6 Å². The van der Waals surface area contributed by atoms with Crippen molar-refractivity contribution in [2.45, 2.75) is 39.3 Å². The van der Waals surface area contributed by atoms with Gasteiger partial charge >= 0.3 is 0 Å². The summed E-state index contributed by atoms with van der Waals surface area (Å²) in [4.78, 5) is 5.66. The van der Waals surface area contributed by atoms with Crippen molar-refractivity contribution in [1.82, 2.24) is 10.3 Å². The minimum atomic E-state index is -0.854. The van der Waals surface area contributed by atoms with Crippen LogP contribution in [-0.4, -0.2) is 16.6 Å². The van der Waals surface area contributed by atoms with Gasteiger partial charge in [-0.2, -0.15) is 0 Å². The summed E-state index contributed by atoms with van der Waals surface area (Å²) in [6.45, 7) is 7.52. The monoisotopic (exact) mass is 304 g/mol. The van der Waals surface area contributed by atoms with E-state index in [4.69, 9.17) is 0 Å². The second-order valence-electron chi connectivity index (χ2n) is 6.06. The topological polar surface area (TPSA) is 45.2 Å². The number of nitrogens with zero attached hydrogens (tertiary/aromatic N) is 1. The van der Waals surface area contributed by atoms with Gasteiger partial charge in [0.15, 0.2) is 0 Å². The van der Waals surface area contributed by atoms with E-state index in [1.165, 1.54) is 9.88 Å². The maximum Gasteiger partial charge on any atom is 0.0992 e. The van der Waals surface area contributed by atoms with Gasteiger partial charge in [-0.1, -0.05) is 44.2 Å². The molecule has 0 amide bonds. The predicted molar refractivity (Wildman–Crippen MR) is 88.4 cm³/mol. The van der Waals surface area contributed by atoms with E-state index in [0.29, 0.717) is 12.5 Å². The van der Waals surface area contributed by atoms with Gasteiger partial charge in [-0.05, 0) is 18.4 Å². The minimum absolute atomic E-state index is 0.522. The van der Waals surface area contributed by atoms with Crippen LogP contribution in [0, 0.1) is 5.92 Å². The lowest BCUT2D eigenvalue weighted by atomic mass is 9.96. The molecule has 0 radical (unpaired) electrons. The Balaban J connectivity index is 1.85. The van der Waals surface area contributed by atoms with Crippen molar-refractivity contribution in [3.63, 3.8) is 0 Å². The predicted octanol–water partition coefficient (Wildman–Crippen LogP) is 3.34. The fraction of sp³-hybridized carbons (Fsp3) is 0.471. The Bertz CT molecular complexity index is 549. The van der Waals surface area contributed by atoms with Gasteiger partial charge in [0.2, 0.25) is 0 Å². The first-order chi connectivity index (χ1) is 9.97. The van der Waals surface area contributed by atoms with E-state index in [-0.39, 0.29) is 0 Å². The molecule has 1 aromatic carbocycles. The SMILES string of the molecule is CC(C)Cc1ncc(CNCC(C)(O)c2ccccc2)s1. The molecule has 2 aromatic rings. The first-order valence-corrected chi connectivity index (χ1v) is 8.21. The van der Waals surface area contributed by atoms with E-state index < -0.39 is 5.60 Å². The van der Waals surface area contributed by atoms with Crippen LogP contribution in [0.15, 0.2) is 36.5 Å². The van der Waals surface area contributed by atoms with Crippen LogP contribution in [0.2, 0.25) is 0 Å². The van der Waals surface area contributed by atoms with Gasteiger partial charge < -0.3 is 10.4 Å². The lowest BCUT2D eigenvalue weighted by Gasteiger charge is -2.24. The van der Waals surface area contributed by atoms with E-state index in [2.05, 4.69) is 24.1 Å². The van der Waals surface area contributed by atoms with E-state index in [1.54, 1.807) is 11.3 Å². The largest absolute Gasteiger partial charge is 0.384 e. The zero-order valence-corrected chi connectivity index (χ0v) is 13.8. The number of rotatable bonds is 7. The Morgan fingerprint density at radius 1 is 1.29 bits per heavy atom. The highest BCUT2D eigenvalue weighted by Crippen LogP contribution is 2.20. The highest BCUT2D eigenvalue weighted by Gasteiger charge is 2.22. The molecule has 0 aliphatic heterocycles. The van der Waals surface area contributed by atoms with E-state index >= 15 is 0 Å². The normalized spacial score (nSPS) is 14.3. The molecule has 2 N–H and O–H groups in total. The van der Waals surface area contributed by atoms with Gasteiger partial charge in [0.25, 0.3) is 0 Å². The van der Waals surface area contributed by atoms with Gasteiger partial charge in [0.05, 0.1) is 10.6 Å². The molecule has 0 spiro atoms. The summed E-state index contributed by atoms with van der Waals surface area (Å²) < 4.78 is 0. The summed E-state index contributed by atoms with van der Waals surface area (Å²) in [5.41, 5.74) is 0.0782. The van der Waals surface area contributed by atoms with E-state index in [9.17, 15) is 5.11 Å². The molecule has 0 fully saturated rings. The van der Waals surface area contributed by atoms with Crippen molar-refractivity contribution in [3.8, 4) is 0 Å². The van der Waals surface area contributed by atoms with Gasteiger partial charge in [-0.25, -0.2) is 4.98 Å². The Labute approximate surface area is 131 Å². The molecule has 1 atom stereocenters. The molecule has 1 unspecified atom stereocenters. The average Bonchev–Trinajstić information content (AvgIpc) is 2.86. The lowest BCUT2D eigenvalue weighted by Crippen LogP contribution is -2.34. The maximum atomic E-state index is 10.5. The number of thiazole rings is 1. The Hall–Kier alpha value is -1.23. The first kappa shape index (κ1) is 16.1. The zero-order chi connectivity index (χ0) is 15.3. The summed E-state index contributed by atoms with van der Waals surface area (Å²) in [5, 5.41) is 15.0. The van der Waals surface area contributed by atoms with Crippen LogP contribution in [0.5, 0.6) is 0 Å². The van der Waals surface area contributed by atoms with E-state index in [0.717, 1.165) is 18.5 Å². The Morgan fingerprint density at radius 2 is 2.00 bits per heavy atom. The lowest BCUT2D eigenvalue weighted by molar-refractivity contribution is 0.0567. The third kappa shape index (κ3) is 4.92. The van der Waals surface area contributed by atoms with Gasteiger partial charge in [-0.15, -0.1) is 11.3 Å². The van der Waals surface area contributed by atoms with Gasteiger partial charge in [-0.3, -0.25) is 0 Å². The Morgan fingerprint density at radius 3 is 2.67 bits per heavy atom. The van der Waals surface area contributed by atoms with Crippen LogP contribution in [0.3, 0.4) is 0 Å². The fourth-order valence-corrected chi connectivity index (χ4v) is 3.31. The number of hydrogen-bond donors (Lipinski definition) is 2. The molecule has 4 heteroatoms. The summed E-state index contributed by atoms with van der Waals surface area (Å²) >= 11 is 1.75. The van der Waals surface area contributed by atoms with Crippen LogP contribution in [0.25, 0.3) is 0 Å². The number of aromatic nitrogens is 1. The molecule has 0 saturated carbocycles. The zero-order valence-electron chi connectivity index (χ0n) is 13.0. The standard InChI is InChI=1S/C17H24N2OS/c1-13(2)9-16-19-11-15(21-16)10-18-12-17(3,20)14-7-5-4-6-8-14/h4-8,11,13,18,20H,9-10,12H2,1-3H3. The number of hydrogen-bond acceptors (Lipinski definition) is 4. The molecule has 2 rings (SSSR count). The molecule has 0 aliphatic carbocycles. The van der Waals surface area contributed by atoms with Crippen LogP contribution >= 0.6 is 11.3 Å². The summed E-state index contributed by atoms with van der Waals surface area (Å²) in [5.74, 6) is 0.635. The van der Waals surface area contributed by atoms with Crippen molar-refractivity contribution < 1.29 is 5.11 Å². The molecule has 0 aliphatic rings. The van der Waals surface area contributed by atoms with Crippen LogP contribution in [0.4, 0.5) is 0 Å². The van der Waals surface area contributed by atoms with Gasteiger partial charge in [0.1, 0.15) is 0 Å². The summed E-state index contributed by atoms with van der Waals surface area (Å²) in [6.07, 6.45) is 2.97. The van der Waals surface area contributed by atoms with Crippen LogP contribution in [0.1, 0.15) is 36.2 Å². The second-order valence-corrected chi connectivity index (χ2v) is 7.26. The molecule has 0 saturated heterocycles.